The molecule has 1 aliphatic rings. The molecule has 0 saturated heterocycles. The van der Waals surface area contributed by atoms with E-state index >= 15 is 0 Å². The maximum atomic E-state index is 11.3. The summed E-state index contributed by atoms with van der Waals surface area (Å²) >= 11 is 0. The van der Waals surface area contributed by atoms with Crippen molar-refractivity contribution in [2.24, 2.45) is 11.8 Å². The summed E-state index contributed by atoms with van der Waals surface area (Å²) in [6, 6.07) is 0. The molecule has 2 N–H and O–H groups in total. The summed E-state index contributed by atoms with van der Waals surface area (Å²) in [6.45, 7) is 8.04. The number of carboxylic acids is 1. The van der Waals surface area contributed by atoms with Gasteiger partial charge in [0.1, 0.15) is 0 Å². The number of hydrogen-bond donors (Lipinski definition) is 2. The second kappa shape index (κ2) is 9.27. The molecule has 0 aromatic carbocycles. The molecule has 0 radical (unpaired) electrons. The number of rotatable bonds is 2. The van der Waals surface area contributed by atoms with Crippen molar-refractivity contribution in [1.29, 1.82) is 0 Å². The van der Waals surface area contributed by atoms with Crippen molar-refractivity contribution in [1.82, 2.24) is 0 Å². The van der Waals surface area contributed by atoms with Gasteiger partial charge in [0.15, 0.2) is 0 Å². The Hall–Kier alpha value is -1.09. The van der Waals surface area contributed by atoms with E-state index in [9.17, 15) is 15.0 Å². The predicted octanol–water partition coefficient (Wildman–Crippen LogP) is 5.10. The molecular weight excluding hydrogens is 288 g/mol. The van der Waals surface area contributed by atoms with Crippen LogP contribution < -0.4 is 0 Å². The summed E-state index contributed by atoms with van der Waals surface area (Å²) < 4.78 is 0. The minimum absolute atomic E-state index is 0.223. The van der Waals surface area contributed by atoms with E-state index in [4.69, 9.17) is 0 Å². The van der Waals surface area contributed by atoms with Crippen molar-refractivity contribution in [2.75, 3.05) is 0 Å². The summed E-state index contributed by atoms with van der Waals surface area (Å²) in [6.07, 6.45) is 11.5. The minimum Gasteiger partial charge on any atom is -0.481 e. The van der Waals surface area contributed by atoms with Crippen molar-refractivity contribution in [3.8, 4) is 0 Å². The second-order valence-corrected chi connectivity index (χ2v) is 7.73. The highest BCUT2D eigenvalue weighted by Crippen LogP contribution is 2.29. The zero-order valence-corrected chi connectivity index (χ0v) is 15.3. The average molecular weight is 322 g/mol. The Morgan fingerprint density at radius 3 is 2.35 bits per heavy atom. The second-order valence-electron chi connectivity index (χ2n) is 7.73. The summed E-state index contributed by atoms with van der Waals surface area (Å²) in [4.78, 5) is 11.3. The van der Waals surface area contributed by atoms with Crippen LogP contribution in [0, 0.1) is 11.8 Å². The third-order valence-electron chi connectivity index (χ3n) is 5.12. The average Bonchev–Trinajstić information content (AvgIpc) is 2.43. The minimum atomic E-state index is -0.664. The molecule has 0 spiro atoms. The van der Waals surface area contributed by atoms with E-state index in [1.165, 1.54) is 11.1 Å². The number of allylic oxidation sites excluding steroid dienone is 4. The van der Waals surface area contributed by atoms with E-state index < -0.39 is 11.6 Å². The highest BCUT2D eigenvalue weighted by Gasteiger charge is 2.25. The Kier molecular flexibility index (Phi) is 8.04. The van der Waals surface area contributed by atoms with Crippen LogP contribution in [0.4, 0.5) is 0 Å². The van der Waals surface area contributed by atoms with Gasteiger partial charge in [0.05, 0.1) is 11.5 Å². The maximum absolute atomic E-state index is 11.3. The molecule has 0 bridgehead atoms. The van der Waals surface area contributed by atoms with Gasteiger partial charge in [-0.15, -0.1) is 0 Å². The van der Waals surface area contributed by atoms with Crippen LogP contribution in [0.25, 0.3) is 0 Å². The van der Waals surface area contributed by atoms with Crippen LogP contribution in [0.5, 0.6) is 0 Å². The SMILES string of the molecule is C/C1=C/C[C@H](C(C)(C)O)CC/C(C)=C\CC[C@@H](C(=O)O)CCC1. The molecule has 1 aliphatic carbocycles. The molecule has 23 heavy (non-hydrogen) atoms. The summed E-state index contributed by atoms with van der Waals surface area (Å²) in [5, 5.41) is 19.7. The number of carboxylic acid groups (broad SMARTS) is 1. The molecule has 0 aliphatic heterocycles. The van der Waals surface area contributed by atoms with Gasteiger partial charge in [0, 0.05) is 0 Å². The molecule has 0 fully saturated rings. The van der Waals surface area contributed by atoms with E-state index in [0.717, 1.165) is 51.4 Å². The lowest BCUT2D eigenvalue weighted by Crippen LogP contribution is -2.30. The highest BCUT2D eigenvalue weighted by molar-refractivity contribution is 5.69. The third kappa shape index (κ3) is 7.83. The van der Waals surface area contributed by atoms with Crippen molar-refractivity contribution in [2.45, 2.75) is 84.7 Å². The Balaban J connectivity index is 2.82. The van der Waals surface area contributed by atoms with Crippen molar-refractivity contribution >= 4 is 5.97 Å². The predicted molar refractivity (Wildman–Crippen MR) is 95.4 cm³/mol. The lowest BCUT2D eigenvalue weighted by Gasteiger charge is -2.29. The Bertz CT molecular complexity index is 440. The molecule has 0 heterocycles. The molecule has 0 saturated carbocycles. The van der Waals surface area contributed by atoms with Crippen LogP contribution in [0.2, 0.25) is 0 Å². The van der Waals surface area contributed by atoms with Gasteiger partial charge < -0.3 is 10.2 Å². The van der Waals surface area contributed by atoms with Gasteiger partial charge in [-0.2, -0.15) is 0 Å². The van der Waals surface area contributed by atoms with Gasteiger partial charge in [-0.1, -0.05) is 23.3 Å². The molecule has 3 heteroatoms. The van der Waals surface area contributed by atoms with E-state index in [0.29, 0.717) is 0 Å². The lowest BCUT2D eigenvalue weighted by molar-refractivity contribution is -0.142. The van der Waals surface area contributed by atoms with Gasteiger partial charge in [-0.3, -0.25) is 4.79 Å². The monoisotopic (exact) mass is 322 g/mol. The van der Waals surface area contributed by atoms with Gasteiger partial charge in [0.2, 0.25) is 0 Å². The van der Waals surface area contributed by atoms with Crippen LogP contribution in [0.15, 0.2) is 23.3 Å². The first-order valence-electron chi connectivity index (χ1n) is 8.96. The molecule has 0 amide bonds. The molecule has 0 unspecified atom stereocenters. The zero-order chi connectivity index (χ0) is 17.5. The summed E-state index contributed by atoms with van der Waals surface area (Å²) in [7, 11) is 0. The van der Waals surface area contributed by atoms with Crippen LogP contribution in [-0.4, -0.2) is 21.8 Å². The molecule has 0 aromatic heterocycles. The fourth-order valence-electron chi connectivity index (χ4n) is 3.26. The standard InChI is InChI=1S/C20H34O3/c1-15-7-5-9-17(19(21)22)10-6-8-16(2)12-14-18(13-11-15)20(3,4)23/h7,12,17-18,23H,5-6,8-11,13-14H2,1-4H3,(H,21,22)/b15-7-,16-12-/t17-,18-/m1/s1. The number of aliphatic hydroxyl groups is 1. The molecular formula is C20H34O3. The first kappa shape index (κ1) is 20.0. The number of hydrogen-bond acceptors (Lipinski definition) is 2. The Morgan fingerprint density at radius 2 is 1.74 bits per heavy atom. The zero-order valence-electron chi connectivity index (χ0n) is 15.3. The van der Waals surface area contributed by atoms with Crippen molar-refractivity contribution in [3.05, 3.63) is 23.3 Å². The van der Waals surface area contributed by atoms with Gasteiger partial charge in [0.25, 0.3) is 0 Å². The van der Waals surface area contributed by atoms with Crippen molar-refractivity contribution in [3.63, 3.8) is 0 Å². The Labute approximate surface area is 141 Å². The summed E-state index contributed by atoms with van der Waals surface area (Å²) in [5.74, 6) is -0.624. The fourth-order valence-corrected chi connectivity index (χ4v) is 3.26. The quantitative estimate of drug-likeness (QED) is 0.695. The van der Waals surface area contributed by atoms with Gasteiger partial charge >= 0.3 is 5.97 Å². The third-order valence-corrected chi connectivity index (χ3v) is 5.12. The van der Waals surface area contributed by atoms with Crippen molar-refractivity contribution < 1.29 is 15.0 Å². The molecule has 0 aromatic rings. The highest BCUT2D eigenvalue weighted by atomic mass is 16.4. The smallest absolute Gasteiger partial charge is 0.306 e. The molecule has 132 valence electrons. The normalized spacial score (nSPS) is 30.5. The topological polar surface area (TPSA) is 57.5 Å². The number of carbonyl (C=O) groups is 1. The Morgan fingerprint density at radius 1 is 1.09 bits per heavy atom. The molecule has 3 nitrogen and oxygen atoms in total. The van der Waals surface area contributed by atoms with E-state index in [1.54, 1.807) is 0 Å². The first-order valence-corrected chi connectivity index (χ1v) is 8.96. The summed E-state index contributed by atoms with van der Waals surface area (Å²) in [5.41, 5.74) is 1.96. The van der Waals surface area contributed by atoms with Gasteiger partial charge in [-0.05, 0) is 85.0 Å². The van der Waals surface area contributed by atoms with Crippen LogP contribution in [0.3, 0.4) is 0 Å². The van der Waals surface area contributed by atoms with Crippen LogP contribution in [0.1, 0.15) is 79.1 Å². The van der Waals surface area contributed by atoms with E-state index in [2.05, 4.69) is 26.0 Å². The van der Waals surface area contributed by atoms with E-state index in [-0.39, 0.29) is 11.8 Å². The van der Waals surface area contributed by atoms with Crippen LogP contribution in [-0.2, 0) is 4.79 Å². The molecule has 1 rings (SSSR count). The van der Waals surface area contributed by atoms with Crippen LogP contribution >= 0.6 is 0 Å². The molecule has 2 atom stereocenters. The van der Waals surface area contributed by atoms with Gasteiger partial charge in [-0.25, -0.2) is 0 Å². The number of aliphatic carboxylic acids is 1. The fraction of sp³-hybridized carbons (Fsp3) is 0.750. The maximum Gasteiger partial charge on any atom is 0.306 e. The largest absolute Gasteiger partial charge is 0.481 e. The lowest BCUT2D eigenvalue weighted by atomic mass is 9.82. The van der Waals surface area contributed by atoms with E-state index in [1.807, 2.05) is 13.8 Å². The first-order chi connectivity index (χ1) is 10.7.